The van der Waals surface area contributed by atoms with Gasteiger partial charge in [0.25, 0.3) is 0 Å². The van der Waals surface area contributed by atoms with Crippen molar-refractivity contribution in [3.8, 4) is 5.75 Å². The highest BCUT2D eigenvalue weighted by molar-refractivity contribution is 7.52. The van der Waals surface area contributed by atoms with Crippen LogP contribution >= 0.6 is 19.3 Å². The molecule has 2 aromatic heterocycles. The van der Waals surface area contributed by atoms with Crippen LogP contribution in [0.25, 0.3) is 21.9 Å². The Morgan fingerprint density at radius 2 is 1.79 bits per heavy atom. The molecule has 3 atom stereocenters. The summed E-state index contributed by atoms with van der Waals surface area (Å²) in [4.78, 5) is 9.31. The number of para-hydroxylation sites is 1. The molecular formula is C27H35ClN5O4P. The first kappa shape index (κ1) is 28.3. The quantitative estimate of drug-likeness (QED) is 0.183. The fraction of sp³-hybridized carbons (Fsp3) is 0.407. The number of aromatic nitrogens is 3. The van der Waals surface area contributed by atoms with Crippen molar-refractivity contribution in [2.75, 3.05) is 18.9 Å². The first-order valence-corrected chi connectivity index (χ1v) is 14.6. The van der Waals surface area contributed by atoms with E-state index in [1.54, 1.807) is 24.3 Å². The summed E-state index contributed by atoms with van der Waals surface area (Å²) in [6.07, 6.45) is 0. The second-order valence-corrected chi connectivity index (χ2v) is 11.7. The van der Waals surface area contributed by atoms with Gasteiger partial charge in [0.2, 0.25) is 0 Å². The first-order valence-electron chi connectivity index (χ1n) is 12.7. The van der Waals surface area contributed by atoms with E-state index in [-0.39, 0.29) is 31.2 Å². The van der Waals surface area contributed by atoms with Crippen LogP contribution in [0.15, 0.2) is 48.5 Å². The smallest absolute Gasteiger partial charge is 0.413 e. The van der Waals surface area contributed by atoms with Gasteiger partial charge in [-0.15, -0.1) is 0 Å². The number of ether oxygens (including phenoxy) is 1. The SMILES string of the molecule is CCOCc1nc2c(N)nc3ccccc3c2n1[C@@H](C)COP(=O)(N[C@@H](C)C(C)C)Oc1ccc(Cl)cc1. The average molecular weight is 560 g/mol. The minimum Gasteiger partial charge on any atom is -0.413 e. The van der Waals surface area contributed by atoms with Crippen LogP contribution in [0.3, 0.4) is 0 Å². The Kier molecular flexibility index (Phi) is 8.96. The number of nitrogens with two attached hydrogens (primary N) is 1. The lowest BCUT2D eigenvalue weighted by Gasteiger charge is -2.27. The number of benzene rings is 2. The van der Waals surface area contributed by atoms with Crippen LogP contribution in [0, 0.1) is 5.92 Å². The zero-order valence-corrected chi connectivity index (χ0v) is 24.0. The van der Waals surface area contributed by atoms with Gasteiger partial charge in [0.15, 0.2) is 5.82 Å². The van der Waals surface area contributed by atoms with E-state index in [9.17, 15) is 4.57 Å². The molecule has 11 heteroatoms. The molecule has 38 heavy (non-hydrogen) atoms. The maximum Gasteiger partial charge on any atom is 0.459 e. The molecule has 2 aromatic carbocycles. The van der Waals surface area contributed by atoms with Crippen molar-refractivity contribution in [1.82, 2.24) is 19.6 Å². The number of fused-ring (bicyclic) bond motifs is 3. The molecule has 2 heterocycles. The zero-order chi connectivity index (χ0) is 27.4. The van der Waals surface area contributed by atoms with Crippen LogP contribution in [0.1, 0.15) is 46.5 Å². The number of anilines is 1. The Morgan fingerprint density at radius 1 is 1.08 bits per heavy atom. The van der Waals surface area contributed by atoms with Crippen LogP contribution in [-0.2, 0) is 20.4 Å². The van der Waals surface area contributed by atoms with Gasteiger partial charge in [0, 0.05) is 23.1 Å². The fourth-order valence-corrected chi connectivity index (χ4v) is 5.96. The third kappa shape index (κ3) is 6.30. The molecule has 3 N–H and O–H groups in total. The van der Waals surface area contributed by atoms with Crippen molar-refractivity contribution in [2.45, 2.75) is 53.3 Å². The molecule has 204 valence electrons. The van der Waals surface area contributed by atoms with Crippen molar-refractivity contribution in [1.29, 1.82) is 0 Å². The predicted octanol–water partition coefficient (Wildman–Crippen LogP) is 6.76. The number of hydrogen-bond acceptors (Lipinski definition) is 7. The van der Waals surface area contributed by atoms with Gasteiger partial charge in [0.1, 0.15) is 23.7 Å². The van der Waals surface area contributed by atoms with E-state index in [1.807, 2.05) is 63.5 Å². The Morgan fingerprint density at radius 3 is 2.47 bits per heavy atom. The van der Waals surface area contributed by atoms with E-state index >= 15 is 0 Å². The van der Waals surface area contributed by atoms with E-state index in [2.05, 4.69) is 10.1 Å². The third-order valence-corrected chi connectivity index (χ3v) is 8.31. The average Bonchev–Trinajstić information content (AvgIpc) is 3.28. The Labute approximate surface area is 228 Å². The van der Waals surface area contributed by atoms with Crippen molar-refractivity contribution in [2.24, 2.45) is 5.92 Å². The summed E-state index contributed by atoms with van der Waals surface area (Å²) in [6, 6.07) is 14.0. The zero-order valence-electron chi connectivity index (χ0n) is 22.3. The van der Waals surface area contributed by atoms with E-state index in [0.29, 0.717) is 34.5 Å². The molecule has 0 aliphatic carbocycles. The van der Waals surface area contributed by atoms with Crippen LogP contribution in [-0.4, -0.2) is 33.8 Å². The Bertz CT molecular complexity index is 1440. The summed E-state index contributed by atoms with van der Waals surface area (Å²) in [5, 5.41) is 4.54. The van der Waals surface area contributed by atoms with E-state index in [1.165, 1.54) is 0 Å². The molecule has 0 aliphatic rings. The first-order chi connectivity index (χ1) is 18.1. The van der Waals surface area contributed by atoms with Gasteiger partial charge >= 0.3 is 7.75 Å². The van der Waals surface area contributed by atoms with Gasteiger partial charge in [0.05, 0.1) is 23.7 Å². The van der Waals surface area contributed by atoms with E-state index in [4.69, 9.17) is 36.1 Å². The molecule has 4 aromatic rings. The molecule has 0 amide bonds. The third-order valence-electron chi connectivity index (χ3n) is 6.39. The highest BCUT2D eigenvalue weighted by Gasteiger charge is 2.32. The second kappa shape index (κ2) is 12.0. The summed E-state index contributed by atoms with van der Waals surface area (Å²) in [5.41, 5.74) is 8.50. The summed E-state index contributed by atoms with van der Waals surface area (Å²) < 4.78 is 33.7. The molecule has 0 bridgehead atoms. The standard InChI is InChI=1S/C27H35ClN5O4P/c1-6-35-16-24-31-25-26(22-9-7-8-10-23(22)30-27(25)29)33(24)18(4)15-36-38(34,32-19(5)17(2)3)37-21-13-11-20(28)12-14-21/h7-14,17-19H,6,15-16H2,1-5H3,(H2,29,30)(H,32,34)/t18-,19-,38?/m0/s1. The minimum absolute atomic E-state index is 0.0732. The van der Waals surface area contributed by atoms with Crippen molar-refractivity contribution >= 4 is 47.1 Å². The Hall–Kier alpha value is -2.68. The van der Waals surface area contributed by atoms with Crippen LogP contribution in [0.4, 0.5) is 5.82 Å². The minimum atomic E-state index is -3.77. The molecule has 9 nitrogen and oxygen atoms in total. The largest absolute Gasteiger partial charge is 0.459 e. The summed E-state index contributed by atoms with van der Waals surface area (Å²) in [5.74, 6) is 1.62. The summed E-state index contributed by atoms with van der Waals surface area (Å²) in [6.45, 7) is 10.8. The highest BCUT2D eigenvalue weighted by Crippen LogP contribution is 2.46. The number of nitrogens with one attached hydrogen (secondary N) is 1. The second-order valence-electron chi connectivity index (χ2n) is 9.60. The van der Waals surface area contributed by atoms with Gasteiger partial charge in [-0.3, -0.25) is 4.52 Å². The maximum absolute atomic E-state index is 14.0. The number of imidazole rings is 1. The van der Waals surface area contributed by atoms with Gasteiger partial charge in [-0.05, 0) is 57.0 Å². The van der Waals surface area contributed by atoms with Crippen molar-refractivity contribution in [3.63, 3.8) is 0 Å². The highest BCUT2D eigenvalue weighted by atomic mass is 35.5. The molecule has 4 rings (SSSR count). The lowest BCUT2D eigenvalue weighted by Crippen LogP contribution is -2.31. The summed E-state index contributed by atoms with van der Waals surface area (Å²) in [7, 11) is -3.77. The van der Waals surface area contributed by atoms with Crippen LogP contribution < -0.4 is 15.3 Å². The predicted molar refractivity (Wildman–Crippen MR) is 153 cm³/mol. The molecule has 0 saturated heterocycles. The van der Waals surface area contributed by atoms with Gasteiger partial charge in [-0.2, -0.15) is 0 Å². The molecule has 1 unspecified atom stereocenters. The topological polar surface area (TPSA) is 114 Å². The fourth-order valence-electron chi connectivity index (χ4n) is 4.04. The lowest BCUT2D eigenvalue weighted by atomic mass is 10.1. The molecule has 0 aliphatic heterocycles. The number of hydrogen-bond donors (Lipinski definition) is 2. The van der Waals surface area contributed by atoms with Crippen molar-refractivity contribution in [3.05, 3.63) is 59.4 Å². The monoisotopic (exact) mass is 559 g/mol. The van der Waals surface area contributed by atoms with Crippen LogP contribution in [0.5, 0.6) is 5.75 Å². The van der Waals surface area contributed by atoms with Gasteiger partial charge in [-0.1, -0.05) is 43.6 Å². The van der Waals surface area contributed by atoms with Crippen LogP contribution in [0.2, 0.25) is 5.02 Å². The Balaban J connectivity index is 1.70. The lowest BCUT2D eigenvalue weighted by molar-refractivity contribution is 0.123. The number of halogens is 1. The number of nitrogen functional groups attached to an aromatic ring is 1. The molecule has 0 spiro atoms. The summed E-state index contributed by atoms with van der Waals surface area (Å²) >= 11 is 6.02. The normalized spacial score (nSPS) is 15.1. The molecule has 0 radical (unpaired) electrons. The molecule has 0 saturated carbocycles. The number of nitrogens with zero attached hydrogens (tertiary/aromatic N) is 3. The van der Waals surface area contributed by atoms with E-state index < -0.39 is 7.75 Å². The van der Waals surface area contributed by atoms with Crippen molar-refractivity contribution < 1.29 is 18.3 Å². The molecule has 0 fully saturated rings. The van der Waals surface area contributed by atoms with Gasteiger partial charge < -0.3 is 19.6 Å². The number of rotatable bonds is 12. The molecular weight excluding hydrogens is 525 g/mol. The maximum atomic E-state index is 14.0. The van der Waals surface area contributed by atoms with Gasteiger partial charge in [-0.25, -0.2) is 19.6 Å². The van der Waals surface area contributed by atoms with E-state index in [0.717, 1.165) is 16.4 Å². The number of pyridine rings is 1.